The summed E-state index contributed by atoms with van der Waals surface area (Å²) in [6.07, 6.45) is -0.525. The Morgan fingerprint density at radius 3 is 3.00 bits per heavy atom. The molecule has 1 saturated heterocycles. The standard InChI is InChI=1S/C11H14N2O4S/c1-6-7(4-9(14)15)11(16)13-10(12-6)8-5-18-3-2-17-8/h8H,2-5H2,1H3,(H,14,15)(H,12,13,16). The van der Waals surface area contributed by atoms with Gasteiger partial charge in [0.25, 0.3) is 5.56 Å². The molecule has 0 saturated carbocycles. The van der Waals surface area contributed by atoms with E-state index in [-0.39, 0.29) is 23.6 Å². The fraction of sp³-hybridized carbons (Fsp3) is 0.545. The van der Waals surface area contributed by atoms with Crippen molar-refractivity contribution >= 4 is 17.7 Å². The van der Waals surface area contributed by atoms with Crippen molar-refractivity contribution in [2.45, 2.75) is 19.4 Å². The molecule has 2 rings (SSSR count). The first-order valence-electron chi connectivity index (χ1n) is 5.58. The first kappa shape index (κ1) is 13.1. The van der Waals surface area contributed by atoms with Crippen LogP contribution in [0.4, 0.5) is 0 Å². The molecule has 0 aliphatic carbocycles. The third-order valence-electron chi connectivity index (χ3n) is 2.69. The minimum Gasteiger partial charge on any atom is -0.481 e. The third-order valence-corrected chi connectivity index (χ3v) is 3.68. The number of aromatic nitrogens is 2. The second-order valence-electron chi connectivity index (χ2n) is 4.02. The summed E-state index contributed by atoms with van der Waals surface area (Å²) in [6.45, 7) is 2.28. The SMILES string of the molecule is Cc1nc(C2CSCCO2)[nH]c(=O)c1CC(=O)O. The van der Waals surface area contributed by atoms with E-state index in [0.717, 1.165) is 11.5 Å². The van der Waals surface area contributed by atoms with Gasteiger partial charge in [-0.1, -0.05) is 0 Å². The van der Waals surface area contributed by atoms with Crippen LogP contribution in [0.25, 0.3) is 0 Å². The van der Waals surface area contributed by atoms with Gasteiger partial charge in [0, 0.05) is 22.8 Å². The van der Waals surface area contributed by atoms with Gasteiger partial charge in [-0.3, -0.25) is 9.59 Å². The molecule has 0 spiro atoms. The molecule has 1 aromatic rings. The molecule has 18 heavy (non-hydrogen) atoms. The highest BCUT2D eigenvalue weighted by atomic mass is 32.2. The number of nitrogens with one attached hydrogen (secondary N) is 1. The minimum atomic E-state index is -1.04. The van der Waals surface area contributed by atoms with Gasteiger partial charge < -0.3 is 14.8 Å². The summed E-state index contributed by atoms with van der Waals surface area (Å²) in [5.41, 5.74) is 0.268. The molecule has 1 atom stereocenters. The Morgan fingerprint density at radius 1 is 1.67 bits per heavy atom. The highest BCUT2D eigenvalue weighted by Crippen LogP contribution is 2.23. The lowest BCUT2D eigenvalue weighted by atomic mass is 10.1. The van der Waals surface area contributed by atoms with Crippen molar-refractivity contribution in [3.8, 4) is 0 Å². The van der Waals surface area contributed by atoms with Crippen LogP contribution in [0.3, 0.4) is 0 Å². The first-order valence-corrected chi connectivity index (χ1v) is 6.74. The summed E-state index contributed by atoms with van der Waals surface area (Å²) < 4.78 is 5.53. The quantitative estimate of drug-likeness (QED) is 0.831. The number of hydrogen-bond donors (Lipinski definition) is 2. The zero-order valence-corrected chi connectivity index (χ0v) is 10.7. The molecule has 0 bridgehead atoms. The number of hydrogen-bond acceptors (Lipinski definition) is 5. The largest absolute Gasteiger partial charge is 0.481 e. The summed E-state index contributed by atoms with van der Waals surface area (Å²) in [5, 5.41) is 8.73. The molecule has 1 unspecified atom stereocenters. The Kier molecular flexibility index (Phi) is 4.03. The predicted octanol–water partition coefficient (Wildman–Crippen LogP) is 0.510. The van der Waals surface area contributed by atoms with Crippen molar-refractivity contribution in [3.05, 3.63) is 27.4 Å². The molecule has 1 aromatic heterocycles. The molecule has 2 heterocycles. The molecule has 6 nitrogen and oxygen atoms in total. The number of ether oxygens (including phenoxy) is 1. The van der Waals surface area contributed by atoms with E-state index in [0.29, 0.717) is 18.1 Å². The van der Waals surface area contributed by atoms with Crippen LogP contribution in [-0.4, -0.2) is 39.2 Å². The number of aliphatic carboxylic acids is 1. The van der Waals surface area contributed by atoms with Gasteiger partial charge >= 0.3 is 5.97 Å². The minimum absolute atomic E-state index is 0.203. The Morgan fingerprint density at radius 2 is 2.44 bits per heavy atom. The third kappa shape index (κ3) is 2.91. The maximum absolute atomic E-state index is 11.8. The van der Waals surface area contributed by atoms with E-state index < -0.39 is 5.97 Å². The lowest BCUT2D eigenvalue weighted by Crippen LogP contribution is -2.26. The summed E-state index contributed by atoms with van der Waals surface area (Å²) >= 11 is 1.74. The normalized spacial score (nSPS) is 19.7. The Bertz CT molecular complexity index is 508. The van der Waals surface area contributed by atoms with Crippen LogP contribution in [0.2, 0.25) is 0 Å². The van der Waals surface area contributed by atoms with Crippen LogP contribution < -0.4 is 5.56 Å². The lowest BCUT2D eigenvalue weighted by Gasteiger charge is -2.21. The Labute approximate surface area is 108 Å². The van der Waals surface area contributed by atoms with Gasteiger partial charge in [0.2, 0.25) is 0 Å². The maximum atomic E-state index is 11.8. The fourth-order valence-corrected chi connectivity index (χ4v) is 2.64. The van der Waals surface area contributed by atoms with Crippen LogP contribution in [0.5, 0.6) is 0 Å². The Hall–Kier alpha value is -1.34. The van der Waals surface area contributed by atoms with Crippen molar-refractivity contribution in [1.29, 1.82) is 0 Å². The molecular weight excluding hydrogens is 256 g/mol. The van der Waals surface area contributed by atoms with Gasteiger partial charge in [-0.15, -0.1) is 0 Å². The number of aromatic amines is 1. The zero-order valence-electron chi connectivity index (χ0n) is 9.93. The fourth-order valence-electron chi connectivity index (χ4n) is 1.79. The van der Waals surface area contributed by atoms with E-state index in [1.807, 2.05) is 0 Å². The van der Waals surface area contributed by atoms with Crippen LogP contribution in [0.15, 0.2) is 4.79 Å². The molecule has 0 amide bonds. The van der Waals surface area contributed by atoms with Crippen molar-refractivity contribution in [2.24, 2.45) is 0 Å². The van der Waals surface area contributed by atoms with Gasteiger partial charge in [-0.25, -0.2) is 4.98 Å². The monoisotopic (exact) mass is 270 g/mol. The number of H-pyrrole nitrogens is 1. The predicted molar refractivity (Wildman–Crippen MR) is 67.0 cm³/mol. The van der Waals surface area contributed by atoms with Gasteiger partial charge in [0.15, 0.2) is 0 Å². The van der Waals surface area contributed by atoms with Crippen LogP contribution in [-0.2, 0) is 16.0 Å². The Balaban J connectivity index is 2.29. The topological polar surface area (TPSA) is 92.3 Å². The number of carboxylic acids is 1. The van der Waals surface area contributed by atoms with E-state index in [1.165, 1.54) is 0 Å². The van der Waals surface area contributed by atoms with Crippen LogP contribution in [0.1, 0.15) is 23.2 Å². The highest BCUT2D eigenvalue weighted by molar-refractivity contribution is 7.99. The summed E-state index contributed by atoms with van der Waals surface area (Å²) in [4.78, 5) is 29.3. The van der Waals surface area contributed by atoms with Crippen molar-refractivity contribution in [1.82, 2.24) is 9.97 Å². The summed E-state index contributed by atoms with van der Waals surface area (Å²) in [6, 6.07) is 0. The first-order chi connectivity index (χ1) is 8.58. The molecule has 0 radical (unpaired) electrons. The lowest BCUT2D eigenvalue weighted by molar-refractivity contribution is -0.136. The van der Waals surface area contributed by atoms with E-state index in [1.54, 1.807) is 18.7 Å². The second kappa shape index (κ2) is 5.53. The summed E-state index contributed by atoms with van der Waals surface area (Å²) in [7, 11) is 0. The number of nitrogens with zero attached hydrogens (tertiary/aromatic N) is 1. The maximum Gasteiger partial charge on any atom is 0.308 e. The van der Waals surface area contributed by atoms with E-state index >= 15 is 0 Å². The van der Waals surface area contributed by atoms with E-state index in [2.05, 4.69) is 9.97 Å². The smallest absolute Gasteiger partial charge is 0.308 e. The van der Waals surface area contributed by atoms with Gasteiger partial charge in [0.05, 0.1) is 13.0 Å². The van der Waals surface area contributed by atoms with E-state index in [9.17, 15) is 9.59 Å². The number of aryl methyl sites for hydroxylation is 1. The number of carbonyl (C=O) groups is 1. The molecule has 1 aliphatic heterocycles. The summed E-state index contributed by atoms with van der Waals surface area (Å²) in [5.74, 6) is 1.14. The van der Waals surface area contributed by atoms with Crippen molar-refractivity contribution in [2.75, 3.05) is 18.1 Å². The second-order valence-corrected chi connectivity index (χ2v) is 5.17. The average molecular weight is 270 g/mol. The van der Waals surface area contributed by atoms with Gasteiger partial charge in [-0.05, 0) is 6.92 Å². The molecule has 2 N–H and O–H groups in total. The average Bonchev–Trinajstić information content (AvgIpc) is 2.34. The molecule has 7 heteroatoms. The zero-order chi connectivity index (χ0) is 13.1. The molecule has 1 aliphatic rings. The van der Waals surface area contributed by atoms with E-state index in [4.69, 9.17) is 9.84 Å². The number of thioether (sulfide) groups is 1. The van der Waals surface area contributed by atoms with Crippen molar-refractivity contribution in [3.63, 3.8) is 0 Å². The molecule has 0 aromatic carbocycles. The number of rotatable bonds is 3. The van der Waals surface area contributed by atoms with Gasteiger partial charge in [-0.2, -0.15) is 11.8 Å². The molecule has 1 fully saturated rings. The van der Waals surface area contributed by atoms with Crippen LogP contribution >= 0.6 is 11.8 Å². The van der Waals surface area contributed by atoms with Crippen LogP contribution in [0, 0.1) is 6.92 Å². The van der Waals surface area contributed by atoms with Crippen molar-refractivity contribution < 1.29 is 14.6 Å². The molecular formula is C11H14N2O4S. The number of carboxylic acid groups (broad SMARTS) is 1. The van der Waals surface area contributed by atoms with Gasteiger partial charge in [0.1, 0.15) is 11.9 Å². The molecule has 98 valence electrons. The highest BCUT2D eigenvalue weighted by Gasteiger charge is 2.21.